The maximum Gasteiger partial charge on any atom is 0.293 e. The molecular formula is C16H16N8O4. The summed E-state index contributed by atoms with van der Waals surface area (Å²) in [5.74, 6) is 0.935. The number of hydrogen-bond acceptors (Lipinski definition) is 10. The van der Waals surface area contributed by atoms with E-state index >= 15 is 0 Å². The van der Waals surface area contributed by atoms with Gasteiger partial charge in [-0.05, 0) is 34.7 Å². The van der Waals surface area contributed by atoms with Crippen LogP contribution >= 0.6 is 0 Å². The molecule has 0 amide bonds. The normalized spacial score (nSPS) is 14.6. The fraction of sp³-hybridized carbons (Fsp3) is 0.250. The highest BCUT2D eigenvalue weighted by Crippen LogP contribution is 2.34. The third-order valence-corrected chi connectivity index (χ3v) is 4.21. The van der Waals surface area contributed by atoms with Gasteiger partial charge >= 0.3 is 0 Å². The molecule has 0 radical (unpaired) electrons. The van der Waals surface area contributed by atoms with Gasteiger partial charge in [0.15, 0.2) is 0 Å². The Kier molecular flexibility index (Phi) is 4.68. The number of aromatic nitrogens is 4. The van der Waals surface area contributed by atoms with Crippen LogP contribution in [0.3, 0.4) is 0 Å². The van der Waals surface area contributed by atoms with E-state index in [0.29, 0.717) is 49.1 Å². The van der Waals surface area contributed by atoms with Crippen LogP contribution in [-0.2, 0) is 4.74 Å². The van der Waals surface area contributed by atoms with Gasteiger partial charge in [-0.25, -0.2) is 0 Å². The van der Waals surface area contributed by atoms with Gasteiger partial charge in [-0.15, -0.1) is 0 Å². The number of anilines is 2. The number of morpholine rings is 1. The smallest absolute Gasteiger partial charge is 0.293 e. The van der Waals surface area contributed by atoms with Gasteiger partial charge in [0.1, 0.15) is 17.2 Å². The van der Waals surface area contributed by atoms with Crippen molar-refractivity contribution in [2.75, 3.05) is 36.9 Å². The minimum atomic E-state index is -0.389. The van der Waals surface area contributed by atoms with Crippen LogP contribution in [0.2, 0.25) is 0 Å². The van der Waals surface area contributed by atoms with Gasteiger partial charge in [0, 0.05) is 24.7 Å². The van der Waals surface area contributed by atoms with Crippen molar-refractivity contribution in [1.29, 1.82) is 0 Å². The average molecular weight is 384 g/mol. The highest BCUT2D eigenvalue weighted by atomic mass is 16.6. The topological polar surface area (TPSA) is 151 Å². The highest BCUT2D eigenvalue weighted by Gasteiger charge is 2.22. The molecule has 0 atom stereocenters. The molecule has 0 saturated carbocycles. The Morgan fingerprint density at radius 3 is 2.79 bits per heavy atom. The van der Waals surface area contributed by atoms with Crippen molar-refractivity contribution in [3.05, 3.63) is 46.2 Å². The molecule has 2 aromatic heterocycles. The van der Waals surface area contributed by atoms with Crippen LogP contribution in [0.1, 0.15) is 5.76 Å². The Morgan fingerprint density at radius 1 is 1.25 bits per heavy atom. The van der Waals surface area contributed by atoms with Gasteiger partial charge < -0.3 is 19.8 Å². The summed E-state index contributed by atoms with van der Waals surface area (Å²) in [6, 6.07) is 8.41. The molecule has 144 valence electrons. The molecule has 0 unspecified atom stereocenters. The molecule has 3 aromatic rings. The molecule has 0 bridgehead atoms. The van der Waals surface area contributed by atoms with Gasteiger partial charge in [0.05, 0.1) is 24.4 Å². The molecule has 1 saturated heterocycles. The number of nitrogens with two attached hydrogens (primary N) is 1. The number of nitro benzene ring substituents is 1. The summed E-state index contributed by atoms with van der Waals surface area (Å²) in [6.45, 7) is 2.32. The second-order valence-corrected chi connectivity index (χ2v) is 5.93. The summed E-state index contributed by atoms with van der Waals surface area (Å²) in [7, 11) is 0. The highest BCUT2D eigenvalue weighted by molar-refractivity contribution is 5.78. The van der Waals surface area contributed by atoms with Crippen LogP contribution in [0.25, 0.3) is 11.3 Å². The molecule has 3 heterocycles. The van der Waals surface area contributed by atoms with Crippen molar-refractivity contribution in [3.63, 3.8) is 0 Å². The number of nitro groups is 1. The number of tetrazole rings is 1. The average Bonchev–Trinajstić information content (AvgIpc) is 3.35. The van der Waals surface area contributed by atoms with Crippen LogP contribution in [0, 0.1) is 10.1 Å². The second-order valence-electron chi connectivity index (χ2n) is 5.93. The Morgan fingerprint density at radius 2 is 2.07 bits per heavy atom. The molecule has 1 aromatic carbocycles. The number of benzene rings is 1. The third-order valence-electron chi connectivity index (χ3n) is 4.21. The molecule has 0 aliphatic carbocycles. The quantitative estimate of drug-likeness (QED) is 0.388. The molecular weight excluding hydrogens is 368 g/mol. The van der Waals surface area contributed by atoms with Crippen molar-refractivity contribution in [2.45, 2.75) is 0 Å². The van der Waals surface area contributed by atoms with Crippen molar-refractivity contribution >= 4 is 23.5 Å². The number of nitrogens with zero attached hydrogens (tertiary/aromatic N) is 7. The lowest BCUT2D eigenvalue weighted by Gasteiger charge is -2.28. The largest absolute Gasteiger partial charge is 0.455 e. The van der Waals surface area contributed by atoms with E-state index in [4.69, 9.17) is 14.9 Å². The van der Waals surface area contributed by atoms with Crippen LogP contribution < -0.4 is 10.6 Å². The van der Waals surface area contributed by atoms with E-state index in [-0.39, 0.29) is 16.6 Å². The lowest BCUT2D eigenvalue weighted by Crippen LogP contribution is -2.36. The molecule has 4 rings (SSSR count). The predicted molar refractivity (Wildman–Crippen MR) is 99.1 cm³/mol. The summed E-state index contributed by atoms with van der Waals surface area (Å²) >= 11 is 0. The zero-order valence-corrected chi connectivity index (χ0v) is 14.6. The van der Waals surface area contributed by atoms with Gasteiger partial charge in [-0.1, -0.05) is 9.89 Å². The van der Waals surface area contributed by atoms with Gasteiger partial charge in [-0.2, -0.15) is 5.10 Å². The predicted octanol–water partition coefficient (Wildman–Crippen LogP) is 1.14. The minimum absolute atomic E-state index is 0.0208. The lowest BCUT2D eigenvalue weighted by atomic mass is 10.1. The first-order valence-electron chi connectivity index (χ1n) is 8.41. The Hall–Kier alpha value is -3.80. The van der Waals surface area contributed by atoms with E-state index in [1.165, 1.54) is 12.3 Å². The van der Waals surface area contributed by atoms with Crippen LogP contribution in [0.5, 0.6) is 0 Å². The van der Waals surface area contributed by atoms with Gasteiger partial charge in [-0.3, -0.25) is 10.1 Å². The van der Waals surface area contributed by atoms with Crippen molar-refractivity contribution < 1.29 is 14.1 Å². The minimum Gasteiger partial charge on any atom is -0.455 e. The summed E-state index contributed by atoms with van der Waals surface area (Å²) in [6.07, 6.45) is 1.40. The number of hydrogen-bond donors (Lipinski definition) is 1. The van der Waals surface area contributed by atoms with Gasteiger partial charge in [0.2, 0.25) is 0 Å². The maximum atomic E-state index is 11.6. The van der Waals surface area contributed by atoms with E-state index < -0.39 is 0 Å². The van der Waals surface area contributed by atoms with Crippen LogP contribution in [0.15, 0.2) is 39.9 Å². The van der Waals surface area contributed by atoms with Gasteiger partial charge in [0.25, 0.3) is 11.6 Å². The third kappa shape index (κ3) is 3.53. The second kappa shape index (κ2) is 7.44. The van der Waals surface area contributed by atoms with E-state index in [1.54, 1.807) is 24.3 Å². The Balaban J connectivity index is 1.60. The summed E-state index contributed by atoms with van der Waals surface area (Å²) in [5.41, 5.74) is 6.71. The fourth-order valence-electron chi connectivity index (χ4n) is 2.86. The monoisotopic (exact) mass is 384 g/mol. The number of rotatable bonds is 5. The molecule has 0 spiro atoms. The van der Waals surface area contributed by atoms with Crippen molar-refractivity contribution in [2.24, 2.45) is 5.10 Å². The molecule has 12 heteroatoms. The first-order valence-corrected chi connectivity index (χ1v) is 8.41. The fourth-order valence-corrected chi connectivity index (χ4v) is 2.86. The zero-order valence-electron chi connectivity index (χ0n) is 14.6. The lowest BCUT2D eigenvalue weighted by molar-refractivity contribution is -0.384. The molecule has 1 fully saturated rings. The molecule has 12 nitrogen and oxygen atoms in total. The van der Waals surface area contributed by atoms with E-state index in [0.717, 1.165) is 4.79 Å². The van der Waals surface area contributed by atoms with E-state index in [1.807, 2.05) is 4.90 Å². The summed E-state index contributed by atoms with van der Waals surface area (Å²) < 4.78 is 11.0. The molecule has 1 aliphatic rings. The van der Waals surface area contributed by atoms with Crippen molar-refractivity contribution in [3.8, 4) is 11.3 Å². The first-order chi connectivity index (χ1) is 13.6. The Bertz CT molecular complexity index is 1020. The zero-order chi connectivity index (χ0) is 19.5. The molecule has 2 N–H and O–H groups in total. The number of ether oxygens (including phenoxy) is 1. The number of furan rings is 1. The van der Waals surface area contributed by atoms with Crippen molar-refractivity contribution in [1.82, 2.24) is 20.3 Å². The van der Waals surface area contributed by atoms with Crippen LogP contribution in [0.4, 0.5) is 17.3 Å². The SMILES string of the molecule is Nc1nnnn1N=Cc1ccc(-c2ccc(N3CCOCC3)c([N+](=O)[O-])c2)o1. The maximum absolute atomic E-state index is 11.6. The Labute approximate surface area is 158 Å². The summed E-state index contributed by atoms with van der Waals surface area (Å²) in [5, 5.41) is 26.0. The standard InChI is InChI=1S/C16H16N8O4/c17-16-19-20-21-23(16)18-10-12-2-4-15(28-12)11-1-3-13(14(9-11)24(25)26)22-5-7-27-8-6-22/h1-4,9-10H,5-8H2,(H2,17,19,21). The molecule has 1 aliphatic heterocycles. The number of nitrogen functional groups attached to an aromatic ring is 1. The summed E-state index contributed by atoms with van der Waals surface area (Å²) in [4.78, 5) is 14.2. The first kappa shape index (κ1) is 17.6. The molecule has 28 heavy (non-hydrogen) atoms. The van der Waals surface area contributed by atoms with Crippen LogP contribution in [-0.4, -0.2) is 57.8 Å². The van der Waals surface area contributed by atoms with E-state index in [9.17, 15) is 10.1 Å². The van der Waals surface area contributed by atoms with E-state index in [2.05, 4.69) is 20.6 Å².